The Hall–Kier alpha value is -1.03. The lowest BCUT2D eigenvalue weighted by Gasteiger charge is -2.22. The largest absolute Gasteiger partial charge is 0.323 e. The molecule has 4 heteroatoms. The van der Waals surface area contributed by atoms with Crippen molar-refractivity contribution < 1.29 is 4.79 Å². The van der Waals surface area contributed by atoms with E-state index in [4.69, 9.17) is 0 Å². The molecule has 1 amide bonds. The lowest BCUT2D eigenvalue weighted by atomic mass is 9.88. The van der Waals surface area contributed by atoms with Crippen LogP contribution in [0.1, 0.15) is 26.3 Å². The number of thioether (sulfide) groups is 1. The van der Waals surface area contributed by atoms with E-state index in [1.807, 2.05) is 12.3 Å². The molecule has 0 aliphatic carbocycles. The van der Waals surface area contributed by atoms with Crippen LogP contribution in [-0.2, 0) is 10.2 Å². The minimum atomic E-state index is 0.0559. The van der Waals surface area contributed by atoms with Crippen LogP contribution in [0.4, 0.5) is 5.69 Å². The molecule has 0 saturated heterocycles. The number of nitrogens with one attached hydrogen (secondary N) is 1. The average molecular weight is 222 g/mol. The third kappa shape index (κ3) is 2.15. The molecule has 2 heterocycles. The third-order valence-electron chi connectivity index (χ3n) is 2.33. The van der Waals surface area contributed by atoms with Crippen molar-refractivity contribution in [2.75, 3.05) is 11.1 Å². The number of fused-ring (bicyclic) bond motifs is 1. The summed E-state index contributed by atoms with van der Waals surface area (Å²) >= 11 is 1.49. The van der Waals surface area contributed by atoms with Crippen molar-refractivity contribution in [2.24, 2.45) is 0 Å². The first-order valence-corrected chi connectivity index (χ1v) is 5.88. The van der Waals surface area contributed by atoms with E-state index in [0.717, 1.165) is 16.3 Å². The van der Waals surface area contributed by atoms with Gasteiger partial charge in [0.15, 0.2) is 0 Å². The Balaban J connectivity index is 2.41. The second-order valence-corrected chi connectivity index (χ2v) is 5.63. The van der Waals surface area contributed by atoms with Crippen LogP contribution < -0.4 is 5.32 Å². The molecule has 0 saturated carbocycles. The molecule has 0 spiro atoms. The molecule has 1 N–H and O–H groups in total. The van der Waals surface area contributed by atoms with Crippen molar-refractivity contribution in [1.29, 1.82) is 0 Å². The van der Waals surface area contributed by atoms with Gasteiger partial charge in [0.25, 0.3) is 0 Å². The molecule has 3 nitrogen and oxygen atoms in total. The van der Waals surface area contributed by atoms with E-state index in [9.17, 15) is 4.79 Å². The summed E-state index contributed by atoms with van der Waals surface area (Å²) in [4.78, 5) is 15.6. The highest BCUT2D eigenvalue weighted by Crippen LogP contribution is 2.32. The maximum Gasteiger partial charge on any atom is 0.234 e. The molecule has 0 bridgehead atoms. The molecular weight excluding hydrogens is 208 g/mol. The quantitative estimate of drug-likeness (QED) is 0.733. The molecule has 15 heavy (non-hydrogen) atoms. The van der Waals surface area contributed by atoms with Gasteiger partial charge in [-0.25, -0.2) is 4.98 Å². The standard InChI is InChI=1S/C11H14N2OS/c1-11(2,3)7-4-8-10(12-5-7)15-6-9(14)13-8/h4-5H,6H2,1-3H3,(H,13,14). The number of nitrogens with zero attached hydrogens (tertiary/aromatic N) is 1. The highest BCUT2D eigenvalue weighted by atomic mass is 32.2. The fourth-order valence-corrected chi connectivity index (χ4v) is 2.12. The van der Waals surface area contributed by atoms with Gasteiger partial charge in [0, 0.05) is 6.20 Å². The summed E-state index contributed by atoms with van der Waals surface area (Å²) in [5.41, 5.74) is 2.06. The average Bonchev–Trinajstić information content (AvgIpc) is 2.15. The number of carbonyl (C=O) groups excluding carboxylic acids is 1. The van der Waals surface area contributed by atoms with E-state index in [1.54, 1.807) is 0 Å². The van der Waals surface area contributed by atoms with Gasteiger partial charge in [-0.3, -0.25) is 4.79 Å². The number of anilines is 1. The van der Waals surface area contributed by atoms with E-state index in [1.165, 1.54) is 11.8 Å². The lowest BCUT2D eigenvalue weighted by Crippen LogP contribution is -2.21. The Bertz CT molecular complexity index is 410. The number of rotatable bonds is 0. The van der Waals surface area contributed by atoms with E-state index >= 15 is 0 Å². The maximum absolute atomic E-state index is 11.2. The molecule has 0 aromatic carbocycles. The minimum absolute atomic E-state index is 0.0559. The summed E-state index contributed by atoms with van der Waals surface area (Å²) in [5.74, 6) is 0.523. The van der Waals surface area contributed by atoms with Crippen molar-refractivity contribution in [3.05, 3.63) is 17.8 Å². The first kappa shape index (κ1) is 10.5. The summed E-state index contributed by atoms with van der Waals surface area (Å²) in [6.45, 7) is 6.40. The lowest BCUT2D eigenvalue weighted by molar-refractivity contribution is -0.113. The van der Waals surface area contributed by atoms with Gasteiger partial charge in [-0.05, 0) is 17.0 Å². The first-order chi connectivity index (χ1) is 6.97. The van der Waals surface area contributed by atoms with Crippen molar-refractivity contribution in [3.63, 3.8) is 0 Å². The monoisotopic (exact) mass is 222 g/mol. The number of carbonyl (C=O) groups is 1. The Morgan fingerprint density at radius 2 is 2.20 bits per heavy atom. The summed E-state index contributed by atoms with van der Waals surface area (Å²) < 4.78 is 0. The normalized spacial score (nSPS) is 15.8. The van der Waals surface area contributed by atoms with Gasteiger partial charge in [0.1, 0.15) is 5.03 Å². The Morgan fingerprint density at radius 1 is 1.47 bits per heavy atom. The third-order valence-corrected chi connectivity index (χ3v) is 3.34. The SMILES string of the molecule is CC(C)(C)c1cnc2c(c1)NC(=O)CS2. The molecule has 0 atom stereocenters. The molecule has 1 aliphatic heterocycles. The van der Waals surface area contributed by atoms with Crippen molar-refractivity contribution in [3.8, 4) is 0 Å². The van der Waals surface area contributed by atoms with Crippen molar-refractivity contribution in [1.82, 2.24) is 4.98 Å². The van der Waals surface area contributed by atoms with E-state index < -0.39 is 0 Å². The van der Waals surface area contributed by atoms with E-state index in [-0.39, 0.29) is 11.3 Å². The van der Waals surface area contributed by atoms with Gasteiger partial charge in [0.2, 0.25) is 5.91 Å². The summed E-state index contributed by atoms with van der Waals surface area (Å²) in [7, 11) is 0. The molecule has 0 radical (unpaired) electrons. The molecule has 2 rings (SSSR count). The summed E-state index contributed by atoms with van der Waals surface area (Å²) in [5, 5.41) is 3.77. The Kier molecular flexibility index (Phi) is 2.46. The number of pyridine rings is 1. The second-order valence-electron chi connectivity index (χ2n) is 4.66. The fourth-order valence-electron chi connectivity index (χ4n) is 1.39. The van der Waals surface area contributed by atoms with Gasteiger partial charge < -0.3 is 5.32 Å². The zero-order valence-corrected chi connectivity index (χ0v) is 9.94. The van der Waals surface area contributed by atoms with Gasteiger partial charge in [-0.15, -0.1) is 0 Å². The summed E-state index contributed by atoms with van der Waals surface area (Å²) in [6.07, 6.45) is 1.89. The molecule has 1 aromatic rings. The smallest absolute Gasteiger partial charge is 0.234 e. The van der Waals surface area contributed by atoms with Crippen molar-refractivity contribution in [2.45, 2.75) is 31.2 Å². The molecular formula is C11H14N2OS. The van der Waals surface area contributed by atoms with Crippen LogP contribution in [0.2, 0.25) is 0 Å². The second kappa shape index (κ2) is 3.52. The number of hydrogen-bond acceptors (Lipinski definition) is 3. The summed E-state index contributed by atoms with van der Waals surface area (Å²) in [6, 6.07) is 2.02. The predicted molar refractivity (Wildman–Crippen MR) is 62.3 cm³/mol. The molecule has 0 unspecified atom stereocenters. The van der Waals surface area contributed by atoms with Crippen LogP contribution in [0.25, 0.3) is 0 Å². The first-order valence-electron chi connectivity index (χ1n) is 4.90. The van der Waals surface area contributed by atoms with Crippen LogP contribution in [0.5, 0.6) is 0 Å². The highest BCUT2D eigenvalue weighted by Gasteiger charge is 2.20. The number of amides is 1. The molecule has 0 fully saturated rings. The van der Waals surface area contributed by atoms with E-state index in [2.05, 4.69) is 31.1 Å². The van der Waals surface area contributed by atoms with E-state index in [0.29, 0.717) is 5.75 Å². The number of hydrogen-bond donors (Lipinski definition) is 1. The van der Waals surface area contributed by atoms with Crippen molar-refractivity contribution >= 4 is 23.4 Å². The minimum Gasteiger partial charge on any atom is -0.323 e. The van der Waals surface area contributed by atoms with Crippen LogP contribution in [0, 0.1) is 0 Å². The van der Waals surface area contributed by atoms with Crippen LogP contribution >= 0.6 is 11.8 Å². The van der Waals surface area contributed by atoms with Gasteiger partial charge >= 0.3 is 0 Å². The maximum atomic E-state index is 11.2. The number of aromatic nitrogens is 1. The molecule has 1 aromatic heterocycles. The Morgan fingerprint density at radius 3 is 2.87 bits per heavy atom. The predicted octanol–water partition coefficient (Wildman–Crippen LogP) is 2.42. The zero-order chi connectivity index (χ0) is 11.1. The zero-order valence-electron chi connectivity index (χ0n) is 9.13. The highest BCUT2D eigenvalue weighted by molar-refractivity contribution is 8.00. The van der Waals surface area contributed by atoms with Crippen LogP contribution in [-0.4, -0.2) is 16.6 Å². The fraction of sp³-hybridized carbons (Fsp3) is 0.455. The van der Waals surface area contributed by atoms with Crippen LogP contribution in [0.15, 0.2) is 17.3 Å². The Labute approximate surface area is 93.7 Å². The van der Waals surface area contributed by atoms with Gasteiger partial charge in [-0.1, -0.05) is 32.5 Å². The van der Waals surface area contributed by atoms with Gasteiger partial charge in [0.05, 0.1) is 11.4 Å². The van der Waals surface area contributed by atoms with Crippen LogP contribution in [0.3, 0.4) is 0 Å². The molecule has 80 valence electrons. The topological polar surface area (TPSA) is 42.0 Å². The van der Waals surface area contributed by atoms with Gasteiger partial charge in [-0.2, -0.15) is 0 Å². The molecule has 1 aliphatic rings.